The van der Waals surface area contributed by atoms with Gasteiger partial charge in [0.15, 0.2) is 0 Å². The summed E-state index contributed by atoms with van der Waals surface area (Å²) in [6.45, 7) is 2.08. The van der Waals surface area contributed by atoms with Crippen molar-refractivity contribution in [3.63, 3.8) is 0 Å². The highest BCUT2D eigenvalue weighted by Gasteiger charge is 2.20. The number of fused-ring (bicyclic) bond motifs is 1. The number of carbonyl (C=O) groups is 1. The molecule has 122 valence electrons. The van der Waals surface area contributed by atoms with Gasteiger partial charge in [-0.05, 0) is 36.2 Å². The second-order valence-electron chi connectivity index (χ2n) is 5.94. The van der Waals surface area contributed by atoms with E-state index in [4.69, 9.17) is 23.2 Å². The number of hydrogen-bond acceptors (Lipinski definition) is 2. The molecule has 0 spiro atoms. The predicted octanol–water partition coefficient (Wildman–Crippen LogP) is 4.24. The van der Waals surface area contributed by atoms with Crippen molar-refractivity contribution >= 4 is 40.1 Å². The van der Waals surface area contributed by atoms with Crippen molar-refractivity contribution in [2.24, 2.45) is 0 Å². The van der Waals surface area contributed by atoms with Gasteiger partial charge in [0.2, 0.25) is 5.91 Å². The number of aromatic nitrogens is 2. The highest BCUT2D eigenvalue weighted by Crippen LogP contribution is 2.29. The molecule has 0 saturated carbocycles. The number of hydrogen-bond donors (Lipinski definition) is 0. The van der Waals surface area contributed by atoms with E-state index in [9.17, 15) is 4.79 Å². The van der Waals surface area contributed by atoms with E-state index in [0.717, 1.165) is 41.7 Å². The van der Waals surface area contributed by atoms with Gasteiger partial charge in [0.25, 0.3) is 0 Å². The van der Waals surface area contributed by atoms with Crippen molar-refractivity contribution in [2.75, 3.05) is 13.1 Å². The maximum absolute atomic E-state index is 12.2. The van der Waals surface area contributed by atoms with Gasteiger partial charge in [0.1, 0.15) is 6.54 Å². The number of rotatable bonds is 3. The highest BCUT2D eigenvalue weighted by molar-refractivity contribution is 6.42. The van der Waals surface area contributed by atoms with E-state index >= 15 is 0 Å². The van der Waals surface area contributed by atoms with Gasteiger partial charge in [-0.25, -0.2) is 0 Å². The molecule has 1 aliphatic heterocycles. The molecule has 24 heavy (non-hydrogen) atoms. The fraction of sp³-hybridized carbons (Fsp3) is 0.222. The summed E-state index contributed by atoms with van der Waals surface area (Å²) in [6, 6.07) is 9.47. The fourth-order valence-corrected chi connectivity index (χ4v) is 3.14. The lowest BCUT2D eigenvalue weighted by Crippen LogP contribution is -2.43. The Kier molecular flexibility index (Phi) is 3.94. The van der Waals surface area contributed by atoms with Crippen LogP contribution in [-0.2, 0) is 11.3 Å². The number of benzene rings is 1. The van der Waals surface area contributed by atoms with Gasteiger partial charge in [0, 0.05) is 31.0 Å². The second-order valence-corrected chi connectivity index (χ2v) is 6.75. The summed E-state index contributed by atoms with van der Waals surface area (Å²) in [5, 5.41) is 1.04. The minimum absolute atomic E-state index is 0.152. The van der Waals surface area contributed by atoms with Gasteiger partial charge in [-0.1, -0.05) is 29.3 Å². The average Bonchev–Trinajstić information content (AvgIpc) is 2.90. The Hall–Kier alpha value is -2.04. The first-order valence-corrected chi connectivity index (χ1v) is 8.55. The molecule has 0 unspecified atom stereocenters. The van der Waals surface area contributed by atoms with Crippen LogP contribution >= 0.6 is 23.2 Å². The smallest absolute Gasteiger partial charge is 0.242 e. The molecule has 0 aliphatic carbocycles. The molecule has 1 aromatic carbocycles. The standard InChI is InChI=1S/C18H15Cl2N3O/c19-14-3-2-12(8-15(14)20)13-9-17-16(21-10-13)4-7-23(17)11-18(24)22-5-1-6-22/h2-4,7-10H,1,5-6,11H2. The largest absolute Gasteiger partial charge is 0.341 e. The Morgan fingerprint density at radius 2 is 1.92 bits per heavy atom. The van der Waals surface area contributed by atoms with Crippen molar-refractivity contribution in [3.8, 4) is 11.1 Å². The molecule has 1 aliphatic rings. The van der Waals surface area contributed by atoms with Gasteiger partial charge in [-0.3, -0.25) is 9.78 Å². The van der Waals surface area contributed by atoms with Gasteiger partial charge >= 0.3 is 0 Å². The maximum Gasteiger partial charge on any atom is 0.242 e. The van der Waals surface area contributed by atoms with Crippen LogP contribution in [0.4, 0.5) is 0 Å². The first kappa shape index (κ1) is 15.5. The Bertz CT molecular complexity index is 931. The third kappa shape index (κ3) is 2.76. The summed E-state index contributed by atoms with van der Waals surface area (Å²) in [5.74, 6) is 0.152. The topological polar surface area (TPSA) is 38.1 Å². The zero-order valence-corrected chi connectivity index (χ0v) is 14.4. The fourth-order valence-electron chi connectivity index (χ4n) is 2.85. The highest BCUT2D eigenvalue weighted by atomic mass is 35.5. The molecular formula is C18H15Cl2N3O. The van der Waals surface area contributed by atoms with Gasteiger partial charge < -0.3 is 9.47 Å². The van der Waals surface area contributed by atoms with Gasteiger partial charge in [0.05, 0.1) is 21.1 Å². The summed E-state index contributed by atoms with van der Waals surface area (Å²) in [5.41, 5.74) is 3.70. The Labute approximate surface area is 149 Å². The number of amides is 1. The van der Waals surface area contributed by atoms with Crippen molar-refractivity contribution in [1.29, 1.82) is 0 Å². The minimum atomic E-state index is 0.152. The summed E-state index contributed by atoms with van der Waals surface area (Å²) in [6.07, 6.45) is 4.82. The summed E-state index contributed by atoms with van der Waals surface area (Å²) < 4.78 is 1.95. The molecule has 1 fully saturated rings. The lowest BCUT2D eigenvalue weighted by Gasteiger charge is -2.31. The van der Waals surface area contributed by atoms with Crippen LogP contribution in [0.25, 0.3) is 22.2 Å². The number of likely N-dealkylation sites (tertiary alicyclic amines) is 1. The molecule has 0 radical (unpaired) electrons. The molecule has 3 aromatic rings. The van der Waals surface area contributed by atoms with E-state index in [2.05, 4.69) is 4.98 Å². The molecule has 6 heteroatoms. The zero-order chi connectivity index (χ0) is 16.7. The van der Waals surface area contributed by atoms with Crippen molar-refractivity contribution < 1.29 is 4.79 Å². The SMILES string of the molecule is O=C(Cn1ccc2ncc(-c3ccc(Cl)c(Cl)c3)cc21)N1CCC1. The number of carbonyl (C=O) groups excluding carboxylic acids is 1. The summed E-state index contributed by atoms with van der Waals surface area (Å²) in [4.78, 5) is 18.6. The molecule has 0 atom stereocenters. The molecule has 0 bridgehead atoms. The molecule has 2 aromatic heterocycles. The van der Waals surface area contributed by atoms with Gasteiger partial charge in [-0.2, -0.15) is 0 Å². The molecular weight excluding hydrogens is 345 g/mol. The van der Waals surface area contributed by atoms with E-state index in [-0.39, 0.29) is 5.91 Å². The third-order valence-electron chi connectivity index (χ3n) is 4.39. The van der Waals surface area contributed by atoms with Crippen LogP contribution in [-0.4, -0.2) is 33.4 Å². The number of pyridine rings is 1. The van der Waals surface area contributed by atoms with Crippen LogP contribution in [0.15, 0.2) is 42.7 Å². The average molecular weight is 360 g/mol. The molecule has 4 nitrogen and oxygen atoms in total. The Morgan fingerprint density at radius 3 is 2.62 bits per heavy atom. The monoisotopic (exact) mass is 359 g/mol. The van der Waals surface area contributed by atoms with Crippen LogP contribution in [0.3, 0.4) is 0 Å². The lowest BCUT2D eigenvalue weighted by atomic mass is 10.1. The van der Waals surface area contributed by atoms with E-state index in [1.54, 1.807) is 6.07 Å². The Morgan fingerprint density at radius 1 is 1.08 bits per heavy atom. The van der Waals surface area contributed by atoms with Crippen LogP contribution < -0.4 is 0 Å². The zero-order valence-electron chi connectivity index (χ0n) is 12.9. The first-order valence-electron chi connectivity index (χ1n) is 7.80. The third-order valence-corrected chi connectivity index (χ3v) is 5.13. The minimum Gasteiger partial charge on any atom is -0.341 e. The van der Waals surface area contributed by atoms with Crippen molar-refractivity contribution in [2.45, 2.75) is 13.0 Å². The van der Waals surface area contributed by atoms with Crippen molar-refractivity contribution in [3.05, 3.63) is 52.8 Å². The van der Waals surface area contributed by atoms with Crippen LogP contribution in [0.1, 0.15) is 6.42 Å². The van der Waals surface area contributed by atoms with E-state index < -0.39 is 0 Å². The van der Waals surface area contributed by atoms with Crippen LogP contribution in [0.2, 0.25) is 10.0 Å². The van der Waals surface area contributed by atoms with Crippen LogP contribution in [0.5, 0.6) is 0 Å². The number of nitrogens with zero attached hydrogens (tertiary/aromatic N) is 3. The van der Waals surface area contributed by atoms with E-state index in [1.807, 2.05) is 46.1 Å². The van der Waals surface area contributed by atoms with Crippen molar-refractivity contribution in [1.82, 2.24) is 14.5 Å². The molecule has 0 N–H and O–H groups in total. The molecule has 1 amide bonds. The predicted molar refractivity (Wildman–Crippen MR) is 96.4 cm³/mol. The van der Waals surface area contributed by atoms with E-state index in [0.29, 0.717) is 16.6 Å². The maximum atomic E-state index is 12.2. The second kappa shape index (κ2) is 6.11. The lowest BCUT2D eigenvalue weighted by molar-refractivity contribution is -0.135. The van der Waals surface area contributed by atoms with Crippen LogP contribution in [0, 0.1) is 0 Å². The summed E-state index contributed by atoms with van der Waals surface area (Å²) in [7, 11) is 0. The normalized spacial score (nSPS) is 14.0. The quantitative estimate of drug-likeness (QED) is 0.701. The summed E-state index contributed by atoms with van der Waals surface area (Å²) >= 11 is 12.1. The molecule has 3 heterocycles. The molecule has 1 saturated heterocycles. The van der Waals surface area contributed by atoms with E-state index in [1.165, 1.54) is 0 Å². The van der Waals surface area contributed by atoms with Gasteiger partial charge in [-0.15, -0.1) is 0 Å². The molecule has 4 rings (SSSR count). The Balaban J connectivity index is 1.69. The first-order chi connectivity index (χ1) is 11.6. The number of halogens is 2.